The molecule has 30 heavy (non-hydrogen) atoms. The molecule has 1 saturated carbocycles. The van der Waals surface area contributed by atoms with Crippen molar-refractivity contribution in [1.29, 1.82) is 0 Å². The number of aliphatic hydroxyl groups excluding tert-OH is 1. The lowest BCUT2D eigenvalue weighted by atomic mass is 9.86. The number of aliphatic carboxylic acids is 1. The molecule has 4 heteroatoms. The number of unbranched alkanes of at least 4 members (excludes halogenated alkanes) is 3. The van der Waals surface area contributed by atoms with E-state index in [1.54, 1.807) is 0 Å². The highest BCUT2D eigenvalue weighted by Crippen LogP contribution is 2.36. The molecule has 164 valence electrons. The summed E-state index contributed by atoms with van der Waals surface area (Å²) < 4.78 is 0. The summed E-state index contributed by atoms with van der Waals surface area (Å²) in [5, 5.41) is 19.6. The van der Waals surface area contributed by atoms with E-state index in [9.17, 15) is 14.7 Å². The smallest absolute Gasteiger partial charge is 0.303 e. The number of rotatable bonds is 13. The van der Waals surface area contributed by atoms with Gasteiger partial charge in [-0.15, -0.1) is 0 Å². The lowest BCUT2D eigenvalue weighted by molar-refractivity contribution is -0.137. The zero-order chi connectivity index (χ0) is 21.8. The van der Waals surface area contributed by atoms with E-state index >= 15 is 0 Å². The number of aliphatic hydroxyl groups is 1. The molecule has 3 atom stereocenters. The predicted molar refractivity (Wildman–Crippen MR) is 121 cm³/mol. The molecular formula is C26H36O4. The van der Waals surface area contributed by atoms with Crippen molar-refractivity contribution in [3.63, 3.8) is 0 Å². The summed E-state index contributed by atoms with van der Waals surface area (Å²) in [6, 6.07) is 10.0. The van der Waals surface area contributed by atoms with E-state index in [0.717, 1.165) is 49.7 Å². The summed E-state index contributed by atoms with van der Waals surface area (Å²) in [6.45, 7) is 2.16. The Kier molecular flexibility index (Phi) is 10.6. The normalized spacial score (nSPS) is 20.7. The van der Waals surface area contributed by atoms with Crippen LogP contribution in [0.1, 0.15) is 76.7 Å². The number of ketones is 1. The minimum atomic E-state index is -0.773. The molecule has 0 unspecified atom stereocenters. The Morgan fingerprint density at radius 1 is 1.17 bits per heavy atom. The van der Waals surface area contributed by atoms with E-state index < -0.39 is 12.1 Å². The molecule has 0 amide bonds. The fourth-order valence-electron chi connectivity index (χ4n) is 4.18. The number of Topliss-reactive ketones (excluding diaryl/α,β-unsaturated/α-hetero) is 1. The molecule has 2 N–H and O–H groups in total. The van der Waals surface area contributed by atoms with Gasteiger partial charge in [0, 0.05) is 18.8 Å². The fraction of sp³-hybridized carbons (Fsp3) is 0.538. The van der Waals surface area contributed by atoms with Crippen molar-refractivity contribution in [2.45, 2.75) is 77.2 Å². The summed E-state index contributed by atoms with van der Waals surface area (Å²) >= 11 is 0. The number of carboxylic acid groups (broad SMARTS) is 1. The van der Waals surface area contributed by atoms with Crippen LogP contribution in [0.15, 0.2) is 48.6 Å². The van der Waals surface area contributed by atoms with E-state index in [-0.39, 0.29) is 18.3 Å². The van der Waals surface area contributed by atoms with Gasteiger partial charge in [-0.3, -0.25) is 9.59 Å². The Bertz CT molecular complexity index is 720. The number of allylic oxidation sites excluding steroid dienone is 3. The van der Waals surface area contributed by atoms with Crippen molar-refractivity contribution < 1.29 is 19.8 Å². The van der Waals surface area contributed by atoms with Gasteiger partial charge in [-0.1, -0.05) is 74.7 Å². The molecule has 2 rings (SSSR count). The average Bonchev–Trinajstić information content (AvgIpc) is 3.08. The van der Waals surface area contributed by atoms with Crippen molar-refractivity contribution in [1.82, 2.24) is 0 Å². The van der Waals surface area contributed by atoms with E-state index in [0.29, 0.717) is 25.0 Å². The summed E-state index contributed by atoms with van der Waals surface area (Å²) in [6.07, 6.45) is 13.2. The second kappa shape index (κ2) is 13.2. The number of hydrogen-bond acceptors (Lipinski definition) is 3. The first kappa shape index (κ1) is 24.1. The zero-order valence-corrected chi connectivity index (χ0v) is 18.1. The van der Waals surface area contributed by atoms with E-state index in [1.165, 1.54) is 0 Å². The van der Waals surface area contributed by atoms with Crippen molar-refractivity contribution in [3.8, 4) is 0 Å². The molecule has 0 spiro atoms. The lowest BCUT2D eigenvalue weighted by Gasteiger charge is -2.20. The molecule has 0 saturated heterocycles. The lowest BCUT2D eigenvalue weighted by Crippen LogP contribution is -2.16. The first-order chi connectivity index (χ1) is 14.5. The van der Waals surface area contributed by atoms with Gasteiger partial charge in [0.15, 0.2) is 0 Å². The minimum Gasteiger partial charge on any atom is -0.481 e. The van der Waals surface area contributed by atoms with Gasteiger partial charge in [0.05, 0.1) is 6.10 Å². The van der Waals surface area contributed by atoms with Crippen LogP contribution >= 0.6 is 0 Å². The van der Waals surface area contributed by atoms with Gasteiger partial charge in [-0.2, -0.15) is 0 Å². The maximum absolute atomic E-state index is 12.5. The van der Waals surface area contributed by atoms with Gasteiger partial charge in [-0.25, -0.2) is 0 Å². The highest BCUT2D eigenvalue weighted by molar-refractivity contribution is 5.84. The molecule has 0 bridgehead atoms. The maximum atomic E-state index is 12.5. The van der Waals surface area contributed by atoms with Crippen molar-refractivity contribution in [2.24, 2.45) is 11.8 Å². The summed E-state index contributed by atoms with van der Waals surface area (Å²) in [5.74, 6) is -0.399. The van der Waals surface area contributed by atoms with Crippen LogP contribution in [-0.4, -0.2) is 28.1 Å². The topological polar surface area (TPSA) is 74.6 Å². The molecule has 1 aromatic rings. The number of hydrogen-bond donors (Lipinski definition) is 2. The monoisotopic (exact) mass is 412 g/mol. The molecule has 1 fully saturated rings. The van der Waals surface area contributed by atoms with Gasteiger partial charge in [0.2, 0.25) is 0 Å². The Morgan fingerprint density at radius 3 is 2.63 bits per heavy atom. The van der Waals surface area contributed by atoms with Gasteiger partial charge >= 0.3 is 5.97 Å². The molecule has 0 heterocycles. The van der Waals surface area contributed by atoms with Gasteiger partial charge in [0.1, 0.15) is 5.78 Å². The average molecular weight is 413 g/mol. The zero-order valence-electron chi connectivity index (χ0n) is 18.1. The summed E-state index contributed by atoms with van der Waals surface area (Å²) in [7, 11) is 0. The Labute approximate surface area is 180 Å². The van der Waals surface area contributed by atoms with E-state index in [4.69, 9.17) is 5.11 Å². The molecule has 1 aliphatic rings. The summed E-state index contributed by atoms with van der Waals surface area (Å²) in [5.41, 5.74) is 1.98. The highest BCUT2D eigenvalue weighted by atomic mass is 16.4. The largest absolute Gasteiger partial charge is 0.481 e. The third kappa shape index (κ3) is 7.91. The van der Waals surface area contributed by atoms with Crippen molar-refractivity contribution >= 4 is 17.3 Å². The van der Waals surface area contributed by atoms with Crippen LogP contribution in [0.25, 0.3) is 5.57 Å². The third-order valence-corrected chi connectivity index (χ3v) is 5.91. The number of carbonyl (C=O) groups excluding carboxylic acids is 1. The standard InChI is InChI=1S/C26H36O4/c1-2-3-7-15-24(27)23(20-12-8-6-9-13-20)19-21-17-18-25(28)22(21)14-10-4-5-11-16-26(29)30/h4,6,8-10,12-13,19,21-22,24,27H,2-3,5,7,11,14-18H2,1H3,(H,29,30)/b10-4-,23-19+/t21-,22-,24+/m1/s1. The summed E-state index contributed by atoms with van der Waals surface area (Å²) in [4.78, 5) is 23.1. The first-order valence-corrected chi connectivity index (χ1v) is 11.4. The van der Waals surface area contributed by atoms with Crippen LogP contribution in [0.3, 0.4) is 0 Å². The van der Waals surface area contributed by atoms with Crippen LogP contribution in [-0.2, 0) is 9.59 Å². The predicted octanol–water partition coefficient (Wildman–Crippen LogP) is 5.81. The van der Waals surface area contributed by atoms with Crippen LogP contribution in [0.5, 0.6) is 0 Å². The Hall–Kier alpha value is -2.20. The van der Waals surface area contributed by atoms with Crippen LogP contribution in [0.2, 0.25) is 0 Å². The van der Waals surface area contributed by atoms with Gasteiger partial charge in [0.25, 0.3) is 0 Å². The van der Waals surface area contributed by atoms with Gasteiger partial charge < -0.3 is 10.2 Å². The van der Waals surface area contributed by atoms with Gasteiger partial charge in [-0.05, 0) is 49.2 Å². The minimum absolute atomic E-state index is 0.0534. The van der Waals surface area contributed by atoms with Crippen LogP contribution in [0.4, 0.5) is 0 Å². The third-order valence-electron chi connectivity index (χ3n) is 5.91. The highest BCUT2D eigenvalue weighted by Gasteiger charge is 2.33. The Balaban J connectivity index is 2.09. The second-order valence-corrected chi connectivity index (χ2v) is 8.27. The fourth-order valence-corrected chi connectivity index (χ4v) is 4.18. The molecule has 1 aromatic carbocycles. The molecule has 0 aliphatic heterocycles. The Morgan fingerprint density at radius 2 is 1.93 bits per heavy atom. The SMILES string of the molecule is CCCCC[C@H](O)/C(=C/[C@H]1CCC(=O)[C@@H]1C/C=C\CCCC(=O)O)c1ccccc1. The maximum Gasteiger partial charge on any atom is 0.303 e. The number of benzene rings is 1. The molecule has 0 aromatic heterocycles. The quantitative estimate of drug-likeness (QED) is 0.317. The first-order valence-electron chi connectivity index (χ1n) is 11.4. The van der Waals surface area contributed by atoms with Crippen molar-refractivity contribution in [2.75, 3.05) is 0 Å². The number of carbonyl (C=O) groups is 2. The number of carboxylic acids is 1. The van der Waals surface area contributed by atoms with Crippen molar-refractivity contribution in [3.05, 3.63) is 54.1 Å². The molecular weight excluding hydrogens is 376 g/mol. The van der Waals surface area contributed by atoms with Crippen LogP contribution in [0, 0.1) is 11.8 Å². The van der Waals surface area contributed by atoms with E-state index in [1.807, 2.05) is 42.5 Å². The second-order valence-electron chi connectivity index (χ2n) is 8.27. The van der Waals surface area contributed by atoms with Crippen LogP contribution < -0.4 is 0 Å². The molecule has 1 aliphatic carbocycles. The molecule has 4 nitrogen and oxygen atoms in total. The van der Waals surface area contributed by atoms with E-state index in [2.05, 4.69) is 13.0 Å². The molecule has 0 radical (unpaired) electrons.